The molecule has 1 saturated carbocycles. The van der Waals surface area contributed by atoms with Crippen molar-refractivity contribution in [2.24, 2.45) is 5.92 Å². The molecule has 18 heavy (non-hydrogen) atoms. The highest BCUT2D eigenvalue weighted by Crippen LogP contribution is 2.32. The first-order valence-corrected chi connectivity index (χ1v) is 6.79. The van der Waals surface area contributed by atoms with Gasteiger partial charge in [0.2, 0.25) is 0 Å². The molecule has 0 saturated heterocycles. The highest BCUT2D eigenvalue weighted by molar-refractivity contribution is 5.66. The summed E-state index contributed by atoms with van der Waals surface area (Å²) in [5, 5.41) is 13.3. The van der Waals surface area contributed by atoms with Crippen molar-refractivity contribution < 1.29 is 5.11 Å². The molecule has 0 heterocycles. The van der Waals surface area contributed by atoms with Gasteiger partial charge >= 0.3 is 0 Å². The normalized spacial score (nSPS) is 28.1. The van der Waals surface area contributed by atoms with Crippen molar-refractivity contribution in [1.82, 2.24) is 0 Å². The average molecular weight is 248 g/mol. The molecule has 0 unspecified atom stereocenters. The van der Waals surface area contributed by atoms with Crippen LogP contribution in [0.15, 0.2) is 18.2 Å². The molecule has 0 aliphatic heterocycles. The van der Waals surface area contributed by atoms with Gasteiger partial charge in [-0.1, -0.05) is 6.07 Å². The van der Waals surface area contributed by atoms with Gasteiger partial charge in [-0.3, -0.25) is 0 Å². The van der Waals surface area contributed by atoms with Crippen LogP contribution in [0, 0.1) is 12.8 Å². The molecule has 100 valence electrons. The second-order valence-corrected chi connectivity index (χ2v) is 5.91. The van der Waals surface area contributed by atoms with Crippen molar-refractivity contribution >= 4 is 11.4 Å². The molecule has 0 atom stereocenters. The van der Waals surface area contributed by atoms with Crippen LogP contribution in [-0.2, 0) is 0 Å². The van der Waals surface area contributed by atoms with Crippen molar-refractivity contribution in [3.05, 3.63) is 23.8 Å². The van der Waals surface area contributed by atoms with Gasteiger partial charge in [-0.05, 0) is 63.1 Å². The number of anilines is 2. The van der Waals surface area contributed by atoms with Crippen LogP contribution in [0.4, 0.5) is 11.4 Å². The first-order chi connectivity index (χ1) is 8.46. The lowest BCUT2D eigenvalue weighted by Crippen LogP contribution is -2.32. The van der Waals surface area contributed by atoms with Gasteiger partial charge in [-0.15, -0.1) is 0 Å². The van der Waals surface area contributed by atoms with E-state index in [0.717, 1.165) is 43.6 Å². The fourth-order valence-corrected chi connectivity index (χ4v) is 2.60. The second-order valence-electron chi connectivity index (χ2n) is 5.91. The highest BCUT2D eigenvalue weighted by Gasteiger charge is 2.28. The van der Waals surface area contributed by atoms with Crippen LogP contribution in [0.25, 0.3) is 0 Å². The molecule has 2 rings (SSSR count). The minimum atomic E-state index is -0.445. The van der Waals surface area contributed by atoms with E-state index in [9.17, 15) is 5.11 Å². The Morgan fingerprint density at radius 1 is 1.39 bits per heavy atom. The standard InChI is InChI=1S/C15H24N2O/c1-11-3-4-14(13(16)9-11)17-10-12-5-7-15(2,18)8-6-12/h3-4,9,12,17-18H,5-8,10,16H2,1-2H3. The van der Waals surface area contributed by atoms with Gasteiger partial charge in [0.25, 0.3) is 0 Å². The molecule has 1 aliphatic carbocycles. The minimum absolute atomic E-state index is 0.445. The number of hydrogen-bond donors (Lipinski definition) is 3. The van der Waals surface area contributed by atoms with Crippen LogP contribution in [0.3, 0.4) is 0 Å². The van der Waals surface area contributed by atoms with E-state index >= 15 is 0 Å². The molecule has 1 aromatic carbocycles. The minimum Gasteiger partial charge on any atom is -0.397 e. The lowest BCUT2D eigenvalue weighted by Gasteiger charge is -2.33. The number of nitrogens with two attached hydrogens (primary N) is 1. The molecule has 1 aromatic rings. The third-order valence-electron chi connectivity index (χ3n) is 3.97. The summed E-state index contributed by atoms with van der Waals surface area (Å²) in [7, 11) is 0. The number of rotatable bonds is 3. The highest BCUT2D eigenvalue weighted by atomic mass is 16.3. The first kappa shape index (κ1) is 13.2. The van der Waals surface area contributed by atoms with Crippen LogP contribution < -0.4 is 11.1 Å². The summed E-state index contributed by atoms with van der Waals surface area (Å²) in [6, 6.07) is 6.11. The van der Waals surface area contributed by atoms with Crippen molar-refractivity contribution in [3.8, 4) is 0 Å². The number of benzene rings is 1. The molecule has 0 amide bonds. The van der Waals surface area contributed by atoms with E-state index in [0.29, 0.717) is 5.92 Å². The Bertz CT molecular complexity index is 405. The monoisotopic (exact) mass is 248 g/mol. The molecule has 0 spiro atoms. The Morgan fingerprint density at radius 3 is 2.67 bits per heavy atom. The molecule has 3 heteroatoms. The molecule has 0 bridgehead atoms. The van der Waals surface area contributed by atoms with Crippen molar-refractivity contribution in [2.45, 2.75) is 45.1 Å². The fourth-order valence-electron chi connectivity index (χ4n) is 2.60. The molecular formula is C15H24N2O. The van der Waals surface area contributed by atoms with E-state index < -0.39 is 5.60 Å². The third kappa shape index (κ3) is 3.39. The Morgan fingerprint density at radius 2 is 2.06 bits per heavy atom. The maximum absolute atomic E-state index is 9.91. The number of nitrogen functional groups attached to an aromatic ring is 1. The number of aryl methyl sites for hydroxylation is 1. The summed E-state index contributed by atoms with van der Waals surface area (Å²) in [6.45, 7) is 4.93. The SMILES string of the molecule is Cc1ccc(NCC2CCC(C)(O)CC2)c(N)c1. The van der Waals surface area contributed by atoms with Gasteiger partial charge < -0.3 is 16.2 Å². The Kier molecular flexibility index (Phi) is 3.81. The van der Waals surface area contributed by atoms with E-state index in [1.54, 1.807) is 0 Å². The molecule has 0 aromatic heterocycles. The number of nitrogens with one attached hydrogen (secondary N) is 1. The summed E-state index contributed by atoms with van der Waals surface area (Å²) in [5.41, 5.74) is 8.56. The zero-order valence-electron chi connectivity index (χ0n) is 11.4. The van der Waals surface area contributed by atoms with Gasteiger partial charge in [0, 0.05) is 6.54 Å². The van der Waals surface area contributed by atoms with Crippen molar-refractivity contribution in [3.63, 3.8) is 0 Å². The average Bonchev–Trinajstić information content (AvgIpc) is 2.29. The first-order valence-electron chi connectivity index (χ1n) is 6.79. The number of hydrogen-bond acceptors (Lipinski definition) is 3. The largest absolute Gasteiger partial charge is 0.397 e. The number of aliphatic hydroxyl groups is 1. The third-order valence-corrected chi connectivity index (χ3v) is 3.97. The van der Waals surface area contributed by atoms with E-state index in [1.807, 2.05) is 26.0 Å². The molecule has 1 fully saturated rings. The summed E-state index contributed by atoms with van der Waals surface area (Å²) >= 11 is 0. The van der Waals surface area contributed by atoms with Crippen LogP contribution >= 0.6 is 0 Å². The summed E-state index contributed by atoms with van der Waals surface area (Å²) in [6.07, 6.45) is 3.99. The Labute approximate surface area is 109 Å². The quantitative estimate of drug-likeness (QED) is 0.721. The van der Waals surface area contributed by atoms with Gasteiger partial charge in [-0.2, -0.15) is 0 Å². The molecule has 1 aliphatic rings. The van der Waals surface area contributed by atoms with E-state index in [4.69, 9.17) is 5.73 Å². The van der Waals surface area contributed by atoms with Gasteiger partial charge in [-0.25, -0.2) is 0 Å². The van der Waals surface area contributed by atoms with E-state index in [-0.39, 0.29) is 0 Å². The molecular weight excluding hydrogens is 224 g/mol. The summed E-state index contributed by atoms with van der Waals surface area (Å²) in [4.78, 5) is 0. The summed E-state index contributed by atoms with van der Waals surface area (Å²) < 4.78 is 0. The fraction of sp³-hybridized carbons (Fsp3) is 0.600. The molecule has 3 nitrogen and oxygen atoms in total. The lowest BCUT2D eigenvalue weighted by atomic mass is 9.80. The second kappa shape index (κ2) is 5.19. The molecule has 0 radical (unpaired) electrons. The van der Waals surface area contributed by atoms with Gasteiger partial charge in [0.1, 0.15) is 0 Å². The topological polar surface area (TPSA) is 58.3 Å². The van der Waals surface area contributed by atoms with E-state index in [2.05, 4.69) is 11.4 Å². The Hall–Kier alpha value is -1.22. The van der Waals surface area contributed by atoms with Crippen LogP contribution in [0.2, 0.25) is 0 Å². The van der Waals surface area contributed by atoms with E-state index in [1.165, 1.54) is 5.56 Å². The van der Waals surface area contributed by atoms with Gasteiger partial charge in [0.15, 0.2) is 0 Å². The lowest BCUT2D eigenvalue weighted by molar-refractivity contribution is 0.00977. The zero-order valence-corrected chi connectivity index (χ0v) is 11.4. The van der Waals surface area contributed by atoms with Crippen molar-refractivity contribution in [2.75, 3.05) is 17.6 Å². The predicted molar refractivity (Wildman–Crippen MR) is 76.7 cm³/mol. The summed E-state index contributed by atoms with van der Waals surface area (Å²) in [5.74, 6) is 0.644. The zero-order chi connectivity index (χ0) is 13.2. The van der Waals surface area contributed by atoms with Crippen LogP contribution in [0.5, 0.6) is 0 Å². The predicted octanol–water partition coefficient (Wildman–Crippen LogP) is 2.93. The van der Waals surface area contributed by atoms with Crippen LogP contribution in [0.1, 0.15) is 38.2 Å². The maximum Gasteiger partial charge on any atom is 0.0620 e. The van der Waals surface area contributed by atoms with Crippen molar-refractivity contribution in [1.29, 1.82) is 0 Å². The van der Waals surface area contributed by atoms with Gasteiger partial charge in [0.05, 0.1) is 17.0 Å². The molecule has 4 N–H and O–H groups in total. The smallest absolute Gasteiger partial charge is 0.0620 e. The van der Waals surface area contributed by atoms with Crippen LogP contribution in [-0.4, -0.2) is 17.3 Å². The maximum atomic E-state index is 9.91. The Balaban J connectivity index is 1.85.